The molecule has 0 N–H and O–H groups in total. The maximum Gasteiger partial charge on any atom is 0.0136 e. The second kappa shape index (κ2) is 3.49. The molecule has 3 atom stereocenters. The highest BCUT2D eigenvalue weighted by Gasteiger charge is 2.40. The highest BCUT2D eigenvalue weighted by Crippen LogP contribution is 2.36. The van der Waals surface area contributed by atoms with Gasteiger partial charge < -0.3 is 4.90 Å². The number of piperidine rings is 3. The number of fused-ring (bicyclic) bond motifs is 4. The fourth-order valence-corrected chi connectivity index (χ4v) is 4.01. The van der Waals surface area contributed by atoms with Gasteiger partial charge in [-0.25, -0.2) is 0 Å². The lowest BCUT2D eigenvalue weighted by atomic mass is 9.76. The second-order valence-corrected chi connectivity index (χ2v) is 5.64. The number of hydrogen-bond acceptors (Lipinski definition) is 2. The van der Waals surface area contributed by atoms with Gasteiger partial charge in [0.1, 0.15) is 0 Å². The van der Waals surface area contributed by atoms with E-state index in [0.717, 1.165) is 17.9 Å². The van der Waals surface area contributed by atoms with Gasteiger partial charge in [-0.3, -0.25) is 4.90 Å². The minimum absolute atomic E-state index is 0.947. The number of hydrogen-bond donors (Lipinski definition) is 0. The van der Waals surface area contributed by atoms with Crippen LogP contribution in [0.15, 0.2) is 0 Å². The van der Waals surface area contributed by atoms with E-state index in [1.807, 2.05) is 0 Å². The number of nitrogens with zero attached hydrogens (tertiary/aromatic N) is 2. The van der Waals surface area contributed by atoms with E-state index in [4.69, 9.17) is 0 Å². The van der Waals surface area contributed by atoms with Crippen molar-refractivity contribution in [1.29, 1.82) is 0 Å². The van der Waals surface area contributed by atoms with Gasteiger partial charge in [-0.2, -0.15) is 0 Å². The van der Waals surface area contributed by atoms with Crippen molar-refractivity contribution >= 4 is 0 Å². The van der Waals surface area contributed by atoms with Crippen LogP contribution in [0, 0.1) is 11.8 Å². The van der Waals surface area contributed by atoms with Gasteiger partial charge in [0, 0.05) is 25.7 Å². The molecule has 2 nitrogen and oxygen atoms in total. The van der Waals surface area contributed by atoms with Crippen LogP contribution in [0.3, 0.4) is 0 Å². The molecule has 3 saturated heterocycles. The van der Waals surface area contributed by atoms with E-state index >= 15 is 0 Å². The Morgan fingerprint density at radius 1 is 1.07 bits per heavy atom. The van der Waals surface area contributed by atoms with Crippen molar-refractivity contribution in [2.24, 2.45) is 11.8 Å². The van der Waals surface area contributed by atoms with Gasteiger partial charge in [-0.05, 0) is 44.7 Å². The van der Waals surface area contributed by atoms with Crippen molar-refractivity contribution < 1.29 is 0 Å². The normalized spacial score (nSPS) is 44.8. The zero-order valence-corrected chi connectivity index (χ0v) is 9.28. The maximum atomic E-state index is 2.80. The third-order valence-corrected chi connectivity index (χ3v) is 4.45. The van der Waals surface area contributed by atoms with E-state index in [9.17, 15) is 0 Å². The molecule has 2 bridgehead atoms. The summed E-state index contributed by atoms with van der Waals surface area (Å²) in [4.78, 5) is 5.36. The Morgan fingerprint density at radius 3 is 2.93 bits per heavy atom. The van der Waals surface area contributed by atoms with Crippen LogP contribution < -0.4 is 0 Å². The summed E-state index contributed by atoms with van der Waals surface area (Å²) in [7, 11) is 2.30. The van der Waals surface area contributed by atoms with E-state index in [1.54, 1.807) is 0 Å². The lowest BCUT2D eigenvalue weighted by molar-refractivity contribution is -0.0231. The molecule has 14 heavy (non-hydrogen) atoms. The monoisotopic (exact) mass is 194 g/mol. The molecule has 0 aliphatic carbocycles. The molecular formula is C12H22N2. The standard InChI is InChI=1S/C12H22N2/c1-13-7-10-6-11(9-13)12-4-2-3-5-14(12)8-10/h10-12H,2-9H2,1H3/t10-,11+,12+/m1/s1. The molecule has 3 heterocycles. The molecule has 2 heteroatoms. The Balaban J connectivity index is 1.76. The minimum atomic E-state index is 0.947. The average molecular weight is 194 g/mol. The second-order valence-electron chi connectivity index (χ2n) is 5.64. The first-order valence-corrected chi connectivity index (χ1v) is 6.25. The number of likely N-dealkylation sites (tertiary alicyclic amines) is 1. The Labute approximate surface area is 87.3 Å². The Hall–Kier alpha value is -0.0800. The summed E-state index contributed by atoms with van der Waals surface area (Å²) in [5.74, 6) is 1.97. The molecule has 80 valence electrons. The van der Waals surface area contributed by atoms with Crippen LogP contribution in [-0.2, 0) is 0 Å². The predicted molar refractivity (Wildman–Crippen MR) is 58.3 cm³/mol. The minimum Gasteiger partial charge on any atom is -0.306 e. The Bertz CT molecular complexity index is 214. The first-order valence-electron chi connectivity index (χ1n) is 6.25. The molecule has 3 fully saturated rings. The summed E-state index contributed by atoms with van der Waals surface area (Å²) in [5.41, 5.74) is 0. The average Bonchev–Trinajstić information content (AvgIpc) is 2.17. The van der Waals surface area contributed by atoms with Crippen LogP contribution in [0.2, 0.25) is 0 Å². The SMILES string of the molecule is CN1C[C@H]2C[C@@H](C1)[C@@H]1CCCCN1C2. The summed E-state index contributed by atoms with van der Waals surface area (Å²) in [6, 6.07) is 0.947. The van der Waals surface area contributed by atoms with Crippen LogP contribution in [0.1, 0.15) is 25.7 Å². The third kappa shape index (κ3) is 1.49. The van der Waals surface area contributed by atoms with Crippen LogP contribution in [0.5, 0.6) is 0 Å². The molecular weight excluding hydrogens is 172 g/mol. The smallest absolute Gasteiger partial charge is 0.0136 e. The molecule has 0 aromatic carbocycles. The third-order valence-electron chi connectivity index (χ3n) is 4.45. The van der Waals surface area contributed by atoms with Crippen molar-refractivity contribution in [3.05, 3.63) is 0 Å². The van der Waals surface area contributed by atoms with Crippen molar-refractivity contribution in [2.75, 3.05) is 33.2 Å². The Kier molecular flexibility index (Phi) is 2.29. The first-order chi connectivity index (χ1) is 6.83. The predicted octanol–water partition coefficient (Wildman–Crippen LogP) is 1.42. The molecule has 3 aliphatic rings. The maximum absolute atomic E-state index is 2.80. The highest BCUT2D eigenvalue weighted by atomic mass is 15.2. The fraction of sp³-hybridized carbons (Fsp3) is 1.00. The summed E-state index contributed by atoms with van der Waals surface area (Å²) < 4.78 is 0. The molecule has 3 aliphatic heterocycles. The van der Waals surface area contributed by atoms with Crippen molar-refractivity contribution in [3.8, 4) is 0 Å². The molecule has 3 rings (SSSR count). The van der Waals surface area contributed by atoms with E-state index in [2.05, 4.69) is 16.8 Å². The highest BCUT2D eigenvalue weighted by molar-refractivity contribution is 4.94. The van der Waals surface area contributed by atoms with Gasteiger partial charge in [0.2, 0.25) is 0 Å². The zero-order chi connectivity index (χ0) is 9.54. The Morgan fingerprint density at radius 2 is 2.00 bits per heavy atom. The topological polar surface area (TPSA) is 6.48 Å². The van der Waals surface area contributed by atoms with Crippen molar-refractivity contribution in [1.82, 2.24) is 9.80 Å². The molecule has 0 amide bonds. The summed E-state index contributed by atoms with van der Waals surface area (Å²) in [6.45, 7) is 5.49. The van der Waals surface area contributed by atoms with E-state index in [-0.39, 0.29) is 0 Å². The van der Waals surface area contributed by atoms with Crippen LogP contribution >= 0.6 is 0 Å². The summed E-state index contributed by atoms with van der Waals surface area (Å²) in [6.07, 6.45) is 5.93. The van der Waals surface area contributed by atoms with Crippen LogP contribution in [-0.4, -0.2) is 49.1 Å². The van der Waals surface area contributed by atoms with Crippen molar-refractivity contribution in [3.63, 3.8) is 0 Å². The van der Waals surface area contributed by atoms with Crippen LogP contribution in [0.25, 0.3) is 0 Å². The number of rotatable bonds is 0. The van der Waals surface area contributed by atoms with Gasteiger partial charge >= 0.3 is 0 Å². The summed E-state index contributed by atoms with van der Waals surface area (Å²) in [5, 5.41) is 0. The largest absolute Gasteiger partial charge is 0.306 e. The molecule has 0 radical (unpaired) electrons. The molecule has 0 aromatic rings. The lowest BCUT2D eigenvalue weighted by Crippen LogP contribution is -2.58. The van der Waals surface area contributed by atoms with E-state index < -0.39 is 0 Å². The molecule has 0 aromatic heterocycles. The van der Waals surface area contributed by atoms with Crippen LogP contribution in [0.4, 0.5) is 0 Å². The quantitative estimate of drug-likeness (QED) is 0.575. The van der Waals surface area contributed by atoms with E-state index in [1.165, 1.54) is 51.9 Å². The fourth-order valence-electron chi connectivity index (χ4n) is 4.01. The summed E-state index contributed by atoms with van der Waals surface area (Å²) >= 11 is 0. The van der Waals surface area contributed by atoms with Gasteiger partial charge in [-0.15, -0.1) is 0 Å². The zero-order valence-electron chi connectivity index (χ0n) is 9.28. The lowest BCUT2D eigenvalue weighted by Gasteiger charge is -2.52. The van der Waals surface area contributed by atoms with Gasteiger partial charge in [-0.1, -0.05) is 6.42 Å². The van der Waals surface area contributed by atoms with Gasteiger partial charge in [0.05, 0.1) is 0 Å². The van der Waals surface area contributed by atoms with E-state index in [0.29, 0.717) is 0 Å². The first kappa shape index (κ1) is 9.17. The molecule has 0 spiro atoms. The molecule has 0 unspecified atom stereocenters. The van der Waals surface area contributed by atoms with Gasteiger partial charge in [0.25, 0.3) is 0 Å². The van der Waals surface area contributed by atoms with Crippen molar-refractivity contribution in [2.45, 2.75) is 31.7 Å². The molecule has 0 saturated carbocycles. The van der Waals surface area contributed by atoms with Gasteiger partial charge in [0.15, 0.2) is 0 Å².